The lowest BCUT2D eigenvalue weighted by Crippen LogP contribution is -2.25. The van der Waals surface area contributed by atoms with Crippen molar-refractivity contribution in [2.24, 2.45) is 0 Å². The van der Waals surface area contributed by atoms with Crippen molar-refractivity contribution in [1.29, 1.82) is 0 Å². The van der Waals surface area contributed by atoms with Crippen LogP contribution in [0, 0.1) is 13.8 Å². The highest BCUT2D eigenvalue weighted by Gasteiger charge is 2.20. The highest BCUT2D eigenvalue weighted by molar-refractivity contribution is 8.13. The number of nitrogens with zero attached hydrogens (tertiary/aromatic N) is 1. The third-order valence-electron chi connectivity index (χ3n) is 3.50. The highest BCUT2D eigenvalue weighted by atomic mass is 35.7. The monoisotopic (exact) mass is 317 g/mol. The molecule has 1 aliphatic heterocycles. The second kappa shape index (κ2) is 6.33. The predicted molar refractivity (Wildman–Crippen MR) is 80.1 cm³/mol. The highest BCUT2D eigenvalue weighted by Crippen LogP contribution is 2.31. The van der Waals surface area contributed by atoms with E-state index < -0.39 is 9.05 Å². The van der Waals surface area contributed by atoms with Gasteiger partial charge in [-0.25, -0.2) is 8.42 Å². The van der Waals surface area contributed by atoms with E-state index >= 15 is 0 Å². The molecular formula is C14H20ClNO3S. The first kappa shape index (κ1) is 15.6. The van der Waals surface area contributed by atoms with Gasteiger partial charge in [-0.2, -0.15) is 0 Å². The second-order valence-corrected chi connectivity index (χ2v) is 7.78. The van der Waals surface area contributed by atoms with Crippen LogP contribution in [-0.2, 0) is 9.05 Å². The molecule has 0 aliphatic carbocycles. The smallest absolute Gasteiger partial charge is 0.265 e. The summed E-state index contributed by atoms with van der Waals surface area (Å²) in [5.74, 6) is 0.379. The molecule has 1 heterocycles. The number of aryl methyl sites for hydroxylation is 2. The van der Waals surface area contributed by atoms with Gasteiger partial charge in [0.15, 0.2) is 0 Å². The quantitative estimate of drug-likeness (QED) is 0.783. The van der Waals surface area contributed by atoms with E-state index in [9.17, 15) is 8.42 Å². The Morgan fingerprint density at radius 2 is 1.90 bits per heavy atom. The van der Waals surface area contributed by atoms with Crippen molar-refractivity contribution in [3.05, 3.63) is 23.3 Å². The Kier molecular flexibility index (Phi) is 4.94. The lowest BCUT2D eigenvalue weighted by Gasteiger charge is -2.17. The van der Waals surface area contributed by atoms with E-state index in [1.165, 1.54) is 12.8 Å². The standard InChI is InChI=1S/C14H20ClNO3S/c1-11-9-12(2)14(13(10-11)20(15,17)18)19-8-7-16-5-3-4-6-16/h9-10H,3-8H2,1-2H3. The summed E-state index contributed by atoms with van der Waals surface area (Å²) in [7, 11) is 1.70. The third kappa shape index (κ3) is 3.87. The van der Waals surface area contributed by atoms with E-state index in [-0.39, 0.29) is 4.90 Å². The maximum absolute atomic E-state index is 11.7. The molecule has 6 heteroatoms. The molecule has 0 spiro atoms. The summed E-state index contributed by atoms with van der Waals surface area (Å²) >= 11 is 0. The van der Waals surface area contributed by atoms with E-state index in [0.29, 0.717) is 12.4 Å². The first-order valence-electron chi connectivity index (χ1n) is 6.79. The molecule has 0 bridgehead atoms. The largest absolute Gasteiger partial charge is 0.491 e. The maximum Gasteiger partial charge on any atom is 0.265 e. The Bertz CT molecular complexity index is 580. The van der Waals surface area contributed by atoms with Crippen molar-refractivity contribution in [1.82, 2.24) is 4.90 Å². The van der Waals surface area contributed by atoms with Gasteiger partial charge in [0.05, 0.1) is 0 Å². The molecule has 1 aliphatic rings. The number of halogens is 1. The van der Waals surface area contributed by atoms with Crippen LogP contribution in [0.3, 0.4) is 0 Å². The average Bonchev–Trinajstić information content (AvgIpc) is 2.83. The Hall–Kier alpha value is -0.780. The van der Waals surface area contributed by atoms with Gasteiger partial charge in [0.25, 0.3) is 9.05 Å². The summed E-state index contributed by atoms with van der Waals surface area (Å²) < 4.78 is 29.0. The molecule has 1 saturated heterocycles. The molecule has 0 atom stereocenters. The number of benzene rings is 1. The molecule has 1 aromatic rings. The van der Waals surface area contributed by atoms with Crippen molar-refractivity contribution in [3.63, 3.8) is 0 Å². The molecular weight excluding hydrogens is 298 g/mol. The summed E-state index contributed by atoms with van der Waals surface area (Å²) in [4.78, 5) is 2.39. The van der Waals surface area contributed by atoms with Crippen LogP contribution in [0.5, 0.6) is 5.75 Å². The normalized spacial score (nSPS) is 16.6. The fourth-order valence-corrected chi connectivity index (χ4v) is 3.68. The molecule has 0 unspecified atom stereocenters. The molecule has 0 aromatic heterocycles. The minimum atomic E-state index is -3.79. The third-order valence-corrected chi connectivity index (χ3v) is 4.83. The molecule has 4 nitrogen and oxygen atoms in total. The van der Waals surface area contributed by atoms with Gasteiger partial charge in [-0.1, -0.05) is 6.07 Å². The molecule has 20 heavy (non-hydrogen) atoms. The van der Waals surface area contributed by atoms with Crippen molar-refractivity contribution in [2.45, 2.75) is 31.6 Å². The topological polar surface area (TPSA) is 46.6 Å². The minimum Gasteiger partial charge on any atom is -0.491 e. The Balaban J connectivity index is 2.13. The summed E-state index contributed by atoms with van der Waals surface area (Å²) in [5, 5.41) is 0. The molecule has 0 N–H and O–H groups in total. The van der Waals surface area contributed by atoms with E-state index in [1.807, 2.05) is 19.9 Å². The van der Waals surface area contributed by atoms with Gasteiger partial charge in [0.1, 0.15) is 17.3 Å². The van der Waals surface area contributed by atoms with Crippen LogP contribution in [0.4, 0.5) is 0 Å². The zero-order chi connectivity index (χ0) is 14.8. The van der Waals surface area contributed by atoms with Crippen molar-refractivity contribution < 1.29 is 13.2 Å². The van der Waals surface area contributed by atoms with Crippen LogP contribution >= 0.6 is 10.7 Å². The Morgan fingerprint density at radius 3 is 2.50 bits per heavy atom. The van der Waals surface area contributed by atoms with Gasteiger partial charge in [-0.3, -0.25) is 4.90 Å². The van der Waals surface area contributed by atoms with Crippen LogP contribution in [0.15, 0.2) is 17.0 Å². The van der Waals surface area contributed by atoms with Gasteiger partial charge < -0.3 is 4.74 Å². The van der Waals surface area contributed by atoms with E-state index in [2.05, 4.69) is 4.90 Å². The van der Waals surface area contributed by atoms with Gasteiger partial charge in [-0.05, 0) is 57.0 Å². The van der Waals surface area contributed by atoms with E-state index in [4.69, 9.17) is 15.4 Å². The number of likely N-dealkylation sites (tertiary alicyclic amines) is 1. The summed E-state index contributed by atoms with van der Waals surface area (Å²) in [5.41, 5.74) is 1.65. The Morgan fingerprint density at radius 1 is 1.25 bits per heavy atom. The first-order valence-corrected chi connectivity index (χ1v) is 9.10. The zero-order valence-corrected chi connectivity index (χ0v) is 13.4. The zero-order valence-electron chi connectivity index (χ0n) is 11.9. The van der Waals surface area contributed by atoms with Crippen molar-refractivity contribution in [3.8, 4) is 5.75 Å². The van der Waals surface area contributed by atoms with Crippen LogP contribution in [-0.4, -0.2) is 39.6 Å². The number of hydrogen-bond donors (Lipinski definition) is 0. The first-order chi connectivity index (χ1) is 9.38. The summed E-state index contributed by atoms with van der Waals surface area (Å²) in [6.45, 7) is 7.16. The number of ether oxygens (including phenoxy) is 1. The minimum absolute atomic E-state index is 0.0677. The molecule has 1 aromatic carbocycles. The average molecular weight is 318 g/mol. The second-order valence-electron chi connectivity index (χ2n) is 5.24. The summed E-state index contributed by atoms with van der Waals surface area (Å²) in [6.07, 6.45) is 2.45. The van der Waals surface area contributed by atoms with Gasteiger partial charge in [0, 0.05) is 17.2 Å². The molecule has 0 amide bonds. The van der Waals surface area contributed by atoms with Crippen LogP contribution in [0.25, 0.3) is 0 Å². The summed E-state index contributed by atoms with van der Waals surface area (Å²) in [6, 6.07) is 3.46. The number of hydrogen-bond acceptors (Lipinski definition) is 4. The molecule has 1 fully saturated rings. The van der Waals surface area contributed by atoms with E-state index in [1.54, 1.807) is 6.07 Å². The maximum atomic E-state index is 11.7. The number of rotatable bonds is 5. The van der Waals surface area contributed by atoms with Crippen molar-refractivity contribution in [2.75, 3.05) is 26.2 Å². The molecule has 0 radical (unpaired) electrons. The fourth-order valence-electron chi connectivity index (χ4n) is 2.56. The Labute approximate surface area is 125 Å². The predicted octanol–water partition coefficient (Wildman–Crippen LogP) is 2.71. The fraction of sp³-hybridized carbons (Fsp3) is 0.571. The molecule has 2 rings (SSSR count). The SMILES string of the molecule is Cc1cc(C)c(OCCN2CCCC2)c(S(=O)(=O)Cl)c1. The van der Waals surface area contributed by atoms with E-state index in [0.717, 1.165) is 30.8 Å². The van der Waals surface area contributed by atoms with Gasteiger partial charge in [-0.15, -0.1) is 0 Å². The lowest BCUT2D eigenvalue weighted by molar-refractivity contribution is 0.233. The van der Waals surface area contributed by atoms with Crippen LogP contribution < -0.4 is 4.74 Å². The lowest BCUT2D eigenvalue weighted by atomic mass is 10.1. The molecule has 112 valence electrons. The molecule has 0 saturated carbocycles. The van der Waals surface area contributed by atoms with Gasteiger partial charge >= 0.3 is 0 Å². The van der Waals surface area contributed by atoms with Crippen LogP contribution in [0.1, 0.15) is 24.0 Å². The van der Waals surface area contributed by atoms with Crippen LogP contribution in [0.2, 0.25) is 0 Å². The van der Waals surface area contributed by atoms with Gasteiger partial charge in [0.2, 0.25) is 0 Å². The van der Waals surface area contributed by atoms with Crippen molar-refractivity contribution >= 4 is 19.7 Å².